The monoisotopic (exact) mass is 218 g/mol. The third-order valence-corrected chi connectivity index (χ3v) is 2.59. The van der Waals surface area contributed by atoms with E-state index in [4.69, 9.17) is 23.7 Å². The van der Waals surface area contributed by atoms with Crippen molar-refractivity contribution in [2.24, 2.45) is 0 Å². The van der Waals surface area contributed by atoms with Crippen LogP contribution in [-0.4, -0.2) is 46.3 Å². The van der Waals surface area contributed by atoms with Crippen LogP contribution in [0.25, 0.3) is 0 Å². The first-order valence-electron chi connectivity index (χ1n) is 4.67. The van der Waals surface area contributed by atoms with Crippen molar-refractivity contribution in [2.45, 2.75) is 24.8 Å². The van der Waals surface area contributed by atoms with Gasteiger partial charge in [-0.2, -0.15) is 0 Å². The molecule has 1 fully saturated rings. The molecule has 88 valence electrons. The molecule has 0 spiro atoms. The van der Waals surface area contributed by atoms with E-state index < -0.39 is 11.8 Å². The van der Waals surface area contributed by atoms with Gasteiger partial charge < -0.3 is 23.7 Å². The Bertz CT molecular complexity index is 230. The molecule has 1 atom stereocenters. The molecular weight excluding hydrogens is 200 g/mol. The average molecular weight is 218 g/mol. The van der Waals surface area contributed by atoms with E-state index in [2.05, 4.69) is 0 Å². The lowest BCUT2D eigenvalue weighted by Gasteiger charge is -2.56. The maximum Gasteiger partial charge on any atom is 0.344 e. The maximum absolute atomic E-state index is 5.48. The summed E-state index contributed by atoms with van der Waals surface area (Å²) in [5, 5.41) is 0. The third kappa shape index (κ3) is 1.51. The summed E-state index contributed by atoms with van der Waals surface area (Å²) in [4.78, 5) is 0. The second-order valence-corrected chi connectivity index (χ2v) is 3.10. The number of methoxy groups -OCH3 is 4. The molecule has 1 aliphatic heterocycles. The molecule has 0 radical (unpaired) electrons. The Hall–Kier alpha value is -0.460. The van der Waals surface area contributed by atoms with E-state index in [9.17, 15) is 0 Å². The molecule has 0 amide bonds. The predicted molar refractivity (Wildman–Crippen MR) is 53.2 cm³/mol. The van der Waals surface area contributed by atoms with E-state index in [1.807, 2.05) is 19.1 Å². The van der Waals surface area contributed by atoms with Crippen LogP contribution < -0.4 is 0 Å². The molecule has 1 heterocycles. The molecule has 0 N–H and O–H groups in total. The van der Waals surface area contributed by atoms with Gasteiger partial charge in [0.05, 0.1) is 0 Å². The van der Waals surface area contributed by atoms with Gasteiger partial charge in [-0.3, -0.25) is 0 Å². The van der Waals surface area contributed by atoms with Crippen LogP contribution in [0.4, 0.5) is 0 Å². The minimum absolute atomic E-state index is 0.350. The molecule has 0 aromatic carbocycles. The highest BCUT2D eigenvalue weighted by atomic mass is 16.9. The van der Waals surface area contributed by atoms with E-state index in [0.29, 0.717) is 0 Å². The van der Waals surface area contributed by atoms with E-state index in [-0.39, 0.29) is 6.10 Å². The summed E-state index contributed by atoms with van der Waals surface area (Å²) in [5.41, 5.74) is 0. The third-order valence-electron chi connectivity index (χ3n) is 2.59. The van der Waals surface area contributed by atoms with Gasteiger partial charge in [0.15, 0.2) is 0 Å². The van der Waals surface area contributed by atoms with Crippen molar-refractivity contribution < 1.29 is 23.7 Å². The minimum atomic E-state index is -1.30. The zero-order valence-corrected chi connectivity index (χ0v) is 9.77. The van der Waals surface area contributed by atoms with Gasteiger partial charge in [0.25, 0.3) is 5.79 Å². The van der Waals surface area contributed by atoms with Gasteiger partial charge in [-0.25, -0.2) is 0 Å². The Balaban J connectivity index is 2.97. The van der Waals surface area contributed by atoms with E-state index in [1.165, 1.54) is 28.4 Å². The van der Waals surface area contributed by atoms with Crippen LogP contribution >= 0.6 is 0 Å². The average Bonchev–Trinajstić information content (AvgIpc) is 2.26. The minimum Gasteiger partial charge on any atom is -0.344 e. The lowest BCUT2D eigenvalue weighted by atomic mass is 9.99. The molecule has 1 saturated heterocycles. The molecule has 0 bridgehead atoms. The molecule has 15 heavy (non-hydrogen) atoms. The first kappa shape index (κ1) is 12.6. The van der Waals surface area contributed by atoms with Gasteiger partial charge in [0.1, 0.15) is 6.10 Å². The number of allylic oxidation sites excluding steroid dienone is 1. The topological polar surface area (TPSA) is 46.2 Å². The Morgan fingerprint density at radius 2 is 1.53 bits per heavy atom. The van der Waals surface area contributed by atoms with Crippen LogP contribution in [0.1, 0.15) is 6.92 Å². The van der Waals surface area contributed by atoms with Crippen LogP contribution in [0.5, 0.6) is 0 Å². The number of hydrogen-bond donors (Lipinski definition) is 0. The van der Waals surface area contributed by atoms with Crippen LogP contribution in [0, 0.1) is 0 Å². The van der Waals surface area contributed by atoms with Crippen molar-refractivity contribution in [1.82, 2.24) is 0 Å². The van der Waals surface area contributed by atoms with Crippen molar-refractivity contribution in [3.63, 3.8) is 0 Å². The highest BCUT2D eigenvalue weighted by molar-refractivity contribution is 5.09. The molecule has 5 heteroatoms. The quantitative estimate of drug-likeness (QED) is 0.506. The number of hydrogen-bond acceptors (Lipinski definition) is 5. The summed E-state index contributed by atoms with van der Waals surface area (Å²) < 4.78 is 26.5. The lowest BCUT2D eigenvalue weighted by molar-refractivity contribution is -0.574. The summed E-state index contributed by atoms with van der Waals surface area (Å²) in [6.07, 6.45) is 3.33. The summed E-state index contributed by atoms with van der Waals surface area (Å²) in [7, 11) is 6.00. The van der Waals surface area contributed by atoms with Crippen molar-refractivity contribution >= 4 is 0 Å². The number of rotatable bonds is 5. The Morgan fingerprint density at radius 1 is 1.00 bits per heavy atom. The fraction of sp³-hybridized carbons (Fsp3) is 0.800. The molecule has 0 aromatic rings. The van der Waals surface area contributed by atoms with E-state index in [0.717, 1.165) is 0 Å². The van der Waals surface area contributed by atoms with E-state index >= 15 is 0 Å². The zero-order valence-electron chi connectivity index (χ0n) is 9.77. The van der Waals surface area contributed by atoms with Crippen LogP contribution in [-0.2, 0) is 23.7 Å². The second kappa shape index (κ2) is 4.59. The van der Waals surface area contributed by atoms with Crippen LogP contribution in [0.2, 0.25) is 0 Å². The predicted octanol–water partition coefficient (Wildman–Crippen LogP) is 0.897. The molecule has 1 aliphatic rings. The van der Waals surface area contributed by atoms with Gasteiger partial charge in [-0.15, -0.1) is 0 Å². The molecule has 0 aromatic heterocycles. The van der Waals surface area contributed by atoms with Gasteiger partial charge in [-0.05, 0) is 6.92 Å². The summed E-state index contributed by atoms with van der Waals surface area (Å²) in [6.45, 7) is 1.89. The van der Waals surface area contributed by atoms with Gasteiger partial charge >= 0.3 is 5.97 Å². The second-order valence-electron chi connectivity index (χ2n) is 3.10. The van der Waals surface area contributed by atoms with Crippen molar-refractivity contribution in [3.8, 4) is 0 Å². The Labute approximate surface area is 89.9 Å². The first-order valence-corrected chi connectivity index (χ1v) is 4.67. The summed E-state index contributed by atoms with van der Waals surface area (Å²) >= 11 is 0. The molecule has 0 saturated carbocycles. The first-order chi connectivity index (χ1) is 7.16. The Kier molecular flexibility index (Phi) is 3.86. The molecule has 1 unspecified atom stereocenters. The van der Waals surface area contributed by atoms with Gasteiger partial charge in [-0.1, -0.05) is 12.2 Å². The smallest absolute Gasteiger partial charge is 0.344 e. The largest absolute Gasteiger partial charge is 0.344 e. The zero-order chi connectivity index (χ0) is 11.5. The fourth-order valence-corrected chi connectivity index (χ4v) is 1.81. The molecule has 1 rings (SSSR count). The fourth-order valence-electron chi connectivity index (χ4n) is 1.81. The normalized spacial score (nSPS) is 27.9. The van der Waals surface area contributed by atoms with E-state index in [1.54, 1.807) is 0 Å². The van der Waals surface area contributed by atoms with Gasteiger partial charge in [0.2, 0.25) is 0 Å². The van der Waals surface area contributed by atoms with Crippen molar-refractivity contribution in [2.75, 3.05) is 28.4 Å². The van der Waals surface area contributed by atoms with Crippen molar-refractivity contribution in [1.29, 1.82) is 0 Å². The molecule has 5 nitrogen and oxygen atoms in total. The number of ether oxygens (including phenoxy) is 5. The Morgan fingerprint density at radius 3 is 1.87 bits per heavy atom. The standard InChI is InChI=1S/C10H18O5/c1-6-7-8-9(11-2,12-3)10(13-4,14-5)15-8/h6-8H,1-5H3/b7-6+. The lowest BCUT2D eigenvalue weighted by Crippen LogP contribution is -2.77. The highest BCUT2D eigenvalue weighted by Gasteiger charge is 2.72. The SMILES string of the molecule is C/C=C/C1OC(OC)(OC)C1(OC)OC. The van der Waals surface area contributed by atoms with Crippen LogP contribution in [0.3, 0.4) is 0 Å². The summed E-state index contributed by atoms with van der Waals surface area (Å²) in [6, 6.07) is 0. The van der Waals surface area contributed by atoms with Crippen LogP contribution in [0.15, 0.2) is 12.2 Å². The summed E-state index contributed by atoms with van der Waals surface area (Å²) in [5.74, 6) is -2.37. The maximum atomic E-state index is 5.48. The molecular formula is C10H18O5. The van der Waals surface area contributed by atoms with Gasteiger partial charge in [0, 0.05) is 28.4 Å². The molecule has 0 aliphatic carbocycles. The highest BCUT2D eigenvalue weighted by Crippen LogP contribution is 2.47. The van der Waals surface area contributed by atoms with Crippen molar-refractivity contribution in [3.05, 3.63) is 12.2 Å².